The van der Waals surface area contributed by atoms with Gasteiger partial charge in [0.25, 0.3) is 0 Å². The summed E-state index contributed by atoms with van der Waals surface area (Å²) in [7, 11) is 0. The Labute approximate surface area is 109 Å². The molecule has 1 amide bonds. The summed E-state index contributed by atoms with van der Waals surface area (Å²) in [5.74, 6) is -1.82. The van der Waals surface area contributed by atoms with Gasteiger partial charge in [0, 0.05) is 13.1 Å². The van der Waals surface area contributed by atoms with E-state index < -0.39 is 37.7 Å². The van der Waals surface area contributed by atoms with E-state index >= 15 is 0 Å². The summed E-state index contributed by atoms with van der Waals surface area (Å²) in [5, 5.41) is 8.57. The number of likely N-dealkylation sites (tertiary alicyclic amines) is 1. The summed E-state index contributed by atoms with van der Waals surface area (Å²) in [6, 6.07) is 0. The highest BCUT2D eigenvalue weighted by Gasteiger charge is 2.33. The highest BCUT2D eigenvalue weighted by molar-refractivity contribution is 5.79. The van der Waals surface area contributed by atoms with Crippen molar-refractivity contribution in [3.63, 3.8) is 0 Å². The standard InChI is InChI=1S/C11H17F3N2O3/c12-11(13,14)8-15(7-10(18)19)6-9(17)16-4-2-1-3-5-16/h1-8H2,(H,18,19). The van der Waals surface area contributed by atoms with E-state index in [2.05, 4.69) is 0 Å². The normalized spacial score (nSPS) is 16.7. The number of carbonyl (C=O) groups is 2. The van der Waals surface area contributed by atoms with Crippen molar-refractivity contribution >= 4 is 11.9 Å². The van der Waals surface area contributed by atoms with E-state index in [0.717, 1.165) is 19.3 Å². The Kier molecular flexibility index (Phi) is 5.59. The van der Waals surface area contributed by atoms with Crippen molar-refractivity contribution in [3.05, 3.63) is 0 Å². The van der Waals surface area contributed by atoms with Crippen LogP contribution < -0.4 is 0 Å². The maximum absolute atomic E-state index is 12.3. The van der Waals surface area contributed by atoms with Gasteiger partial charge in [-0.3, -0.25) is 14.5 Å². The topological polar surface area (TPSA) is 60.9 Å². The van der Waals surface area contributed by atoms with Gasteiger partial charge in [-0.2, -0.15) is 13.2 Å². The van der Waals surface area contributed by atoms with Gasteiger partial charge in [0.2, 0.25) is 5.91 Å². The first-order valence-corrected chi connectivity index (χ1v) is 6.06. The third-order valence-corrected chi connectivity index (χ3v) is 2.83. The van der Waals surface area contributed by atoms with Crippen LogP contribution in [0.4, 0.5) is 13.2 Å². The molecule has 0 radical (unpaired) electrons. The molecule has 0 spiro atoms. The van der Waals surface area contributed by atoms with Crippen LogP contribution in [0.15, 0.2) is 0 Å². The molecule has 0 saturated carbocycles. The molecular formula is C11H17F3N2O3. The van der Waals surface area contributed by atoms with Crippen molar-refractivity contribution in [1.29, 1.82) is 0 Å². The zero-order valence-corrected chi connectivity index (χ0v) is 10.4. The molecule has 0 aromatic heterocycles. The molecule has 0 aliphatic carbocycles. The predicted octanol–water partition coefficient (Wildman–Crippen LogP) is 0.948. The lowest BCUT2D eigenvalue weighted by molar-refractivity contribution is -0.157. The Morgan fingerprint density at radius 2 is 1.68 bits per heavy atom. The molecule has 1 heterocycles. The van der Waals surface area contributed by atoms with E-state index in [4.69, 9.17) is 5.11 Å². The fourth-order valence-electron chi connectivity index (χ4n) is 2.05. The number of nitrogens with zero attached hydrogens (tertiary/aromatic N) is 2. The number of hydrogen-bond acceptors (Lipinski definition) is 3. The van der Waals surface area contributed by atoms with Gasteiger partial charge in [-0.1, -0.05) is 0 Å². The number of carboxylic acid groups (broad SMARTS) is 1. The number of hydrogen-bond donors (Lipinski definition) is 1. The minimum Gasteiger partial charge on any atom is -0.480 e. The van der Waals surface area contributed by atoms with Crippen molar-refractivity contribution in [2.24, 2.45) is 0 Å². The SMILES string of the molecule is O=C(O)CN(CC(=O)N1CCCCC1)CC(F)(F)F. The molecule has 0 atom stereocenters. The fourth-order valence-corrected chi connectivity index (χ4v) is 2.05. The number of piperidine rings is 1. The van der Waals surface area contributed by atoms with Gasteiger partial charge in [0.15, 0.2) is 0 Å². The van der Waals surface area contributed by atoms with E-state index in [0.29, 0.717) is 18.0 Å². The quantitative estimate of drug-likeness (QED) is 0.815. The second-order valence-corrected chi connectivity index (χ2v) is 4.60. The lowest BCUT2D eigenvalue weighted by Crippen LogP contribution is -2.46. The van der Waals surface area contributed by atoms with E-state index in [1.54, 1.807) is 0 Å². The highest BCUT2D eigenvalue weighted by Crippen LogP contribution is 2.17. The number of carboxylic acids is 1. The maximum Gasteiger partial charge on any atom is 0.401 e. The first-order valence-electron chi connectivity index (χ1n) is 6.06. The molecule has 5 nitrogen and oxygen atoms in total. The average Bonchev–Trinajstić information content (AvgIpc) is 2.26. The van der Waals surface area contributed by atoms with Gasteiger partial charge >= 0.3 is 12.1 Å². The molecule has 8 heteroatoms. The zero-order chi connectivity index (χ0) is 14.5. The number of alkyl halides is 3. The molecule has 1 aliphatic heterocycles. The Hall–Kier alpha value is -1.31. The average molecular weight is 282 g/mol. The van der Waals surface area contributed by atoms with Crippen LogP contribution in [0.1, 0.15) is 19.3 Å². The highest BCUT2D eigenvalue weighted by atomic mass is 19.4. The molecule has 19 heavy (non-hydrogen) atoms. The number of halogens is 3. The van der Waals surface area contributed by atoms with Crippen LogP contribution in [0.2, 0.25) is 0 Å². The fraction of sp³-hybridized carbons (Fsp3) is 0.818. The summed E-state index contributed by atoms with van der Waals surface area (Å²) in [6.45, 7) is -1.62. The zero-order valence-electron chi connectivity index (χ0n) is 10.4. The Morgan fingerprint density at radius 3 is 2.16 bits per heavy atom. The van der Waals surface area contributed by atoms with E-state index in [1.165, 1.54) is 4.90 Å². The minimum absolute atomic E-state index is 0.440. The maximum atomic E-state index is 12.3. The summed E-state index contributed by atoms with van der Waals surface area (Å²) >= 11 is 0. The first kappa shape index (κ1) is 15.7. The van der Waals surface area contributed by atoms with Gasteiger partial charge in [0.1, 0.15) is 0 Å². The largest absolute Gasteiger partial charge is 0.480 e. The van der Waals surface area contributed by atoms with Gasteiger partial charge in [0.05, 0.1) is 19.6 Å². The number of carbonyl (C=O) groups excluding carboxylic acids is 1. The van der Waals surface area contributed by atoms with Gasteiger partial charge in [-0.05, 0) is 19.3 Å². The van der Waals surface area contributed by atoms with Crippen LogP contribution in [0.5, 0.6) is 0 Å². The lowest BCUT2D eigenvalue weighted by Gasteiger charge is -2.29. The van der Waals surface area contributed by atoms with Crippen molar-refractivity contribution in [2.45, 2.75) is 25.4 Å². The molecule has 1 saturated heterocycles. The molecule has 1 N–H and O–H groups in total. The Bertz CT molecular complexity index is 328. The molecule has 110 valence electrons. The molecule has 0 unspecified atom stereocenters. The minimum atomic E-state index is -4.52. The van der Waals surface area contributed by atoms with Crippen LogP contribution >= 0.6 is 0 Å². The molecule has 1 rings (SSSR count). The van der Waals surface area contributed by atoms with Crippen LogP contribution in [0.25, 0.3) is 0 Å². The van der Waals surface area contributed by atoms with E-state index in [-0.39, 0.29) is 0 Å². The molecule has 0 aromatic carbocycles. The van der Waals surface area contributed by atoms with Crippen LogP contribution in [-0.2, 0) is 9.59 Å². The monoisotopic (exact) mass is 282 g/mol. The van der Waals surface area contributed by atoms with Crippen molar-refractivity contribution in [1.82, 2.24) is 9.80 Å². The van der Waals surface area contributed by atoms with Crippen LogP contribution in [0, 0.1) is 0 Å². The third kappa shape index (κ3) is 6.42. The Morgan fingerprint density at radius 1 is 1.11 bits per heavy atom. The predicted molar refractivity (Wildman–Crippen MR) is 60.6 cm³/mol. The van der Waals surface area contributed by atoms with E-state index in [9.17, 15) is 22.8 Å². The van der Waals surface area contributed by atoms with Crippen molar-refractivity contribution in [2.75, 3.05) is 32.7 Å². The molecule has 0 aromatic rings. The smallest absolute Gasteiger partial charge is 0.401 e. The molecule has 0 bridgehead atoms. The van der Waals surface area contributed by atoms with Gasteiger partial charge in [-0.25, -0.2) is 0 Å². The molecular weight excluding hydrogens is 265 g/mol. The first-order chi connectivity index (χ1) is 8.78. The summed E-state index contributed by atoms with van der Waals surface area (Å²) in [6.07, 6.45) is -1.84. The van der Waals surface area contributed by atoms with Gasteiger partial charge in [-0.15, -0.1) is 0 Å². The van der Waals surface area contributed by atoms with Crippen molar-refractivity contribution in [3.8, 4) is 0 Å². The van der Waals surface area contributed by atoms with Crippen molar-refractivity contribution < 1.29 is 27.9 Å². The second kappa shape index (κ2) is 6.74. The van der Waals surface area contributed by atoms with Gasteiger partial charge < -0.3 is 10.0 Å². The Balaban J connectivity index is 2.54. The number of aliphatic carboxylic acids is 1. The number of rotatable bonds is 5. The number of amides is 1. The summed E-state index contributed by atoms with van der Waals surface area (Å²) in [5.41, 5.74) is 0. The second-order valence-electron chi connectivity index (χ2n) is 4.60. The molecule has 1 aliphatic rings. The molecule has 1 fully saturated rings. The van der Waals surface area contributed by atoms with Crippen LogP contribution in [-0.4, -0.2) is 65.7 Å². The lowest BCUT2D eigenvalue weighted by atomic mass is 10.1. The third-order valence-electron chi connectivity index (χ3n) is 2.83. The van der Waals surface area contributed by atoms with Crippen LogP contribution in [0.3, 0.4) is 0 Å². The van der Waals surface area contributed by atoms with E-state index in [1.807, 2.05) is 0 Å². The summed E-state index contributed by atoms with van der Waals surface area (Å²) in [4.78, 5) is 24.4. The summed E-state index contributed by atoms with van der Waals surface area (Å²) < 4.78 is 36.9.